The average molecular weight is 458 g/mol. The molecule has 1 atom stereocenters. The van der Waals surface area contributed by atoms with Crippen LogP contribution in [0, 0.1) is 17.0 Å². The molecule has 0 saturated carbocycles. The van der Waals surface area contributed by atoms with Crippen LogP contribution in [0.5, 0.6) is 0 Å². The van der Waals surface area contributed by atoms with Crippen molar-refractivity contribution < 1.29 is 19.2 Å². The Kier molecular flexibility index (Phi) is 6.35. The van der Waals surface area contributed by atoms with Gasteiger partial charge >= 0.3 is 5.97 Å². The smallest absolute Gasteiger partial charge is 0.338 e. The molecule has 9 heteroatoms. The standard InChI is InChI=1S/C25H22N4O5/c1-3-22(24(30)28-20-14-18(29(32)33)11-9-15(20)2)34-25(31)17-10-12-19-21(13-17)27-23(26-19)16-7-5-4-6-8-16/h4-14,22H,3H2,1-2H3,(H,26,27)(H,28,30). The summed E-state index contributed by atoms with van der Waals surface area (Å²) in [5, 5.41) is 13.7. The van der Waals surface area contributed by atoms with E-state index in [1.165, 1.54) is 12.1 Å². The Morgan fingerprint density at radius 1 is 1.12 bits per heavy atom. The average Bonchev–Trinajstić information content (AvgIpc) is 3.27. The molecule has 172 valence electrons. The highest BCUT2D eigenvalue weighted by molar-refractivity contribution is 5.99. The molecule has 0 aliphatic carbocycles. The molecule has 1 unspecified atom stereocenters. The number of anilines is 1. The second kappa shape index (κ2) is 9.53. The summed E-state index contributed by atoms with van der Waals surface area (Å²) < 4.78 is 5.46. The Balaban J connectivity index is 1.50. The normalized spacial score (nSPS) is 11.7. The number of hydrogen-bond acceptors (Lipinski definition) is 6. The van der Waals surface area contributed by atoms with Gasteiger partial charge in [-0.1, -0.05) is 43.3 Å². The van der Waals surface area contributed by atoms with Crippen molar-refractivity contribution in [3.8, 4) is 11.4 Å². The fraction of sp³-hybridized carbons (Fsp3) is 0.160. The van der Waals surface area contributed by atoms with Crippen LogP contribution in [0.15, 0.2) is 66.7 Å². The molecule has 4 aromatic rings. The van der Waals surface area contributed by atoms with Crippen LogP contribution in [0.25, 0.3) is 22.4 Å². The van der Waals surface area contributed by atoms with Crippen LogP contribution in [0.4, 0.5) is 11.4 Å². The molecule has 9 nitrogen and oxygen atoms in total. The van der Waals surface area contributed by atoms with Crippen LogP contribution in [0.3, 0.4) is 0 Å². The first-order valence-electron chi connectivity index (χ1n) is 10.7. The zero-order chi connectivity index (χ0) is 24.2. The Morgan fingerprint density at radius 3 is 2.59 bits per heavy atom. The number of imidazole rings is 1. The summed E-state index contributed by atoms with van der Waals surface area (Å²) in [6.45, 7) is 3.43. The lowest BCUT2D eigenvalue weighted by Crippen LogP contribution is -2.32. The number of aromatic nitrogens is 2. The number of esters is 1. The fourth-order valence-corrected chi connectivity index (χ4v) is 3.46. The maximum atomic E-state index is 12.8. The largest absolute Gasteiger partial charge is 0.449 e. The predicted molar refractivity (Wildman–Crippen MR) is 127 cm³/mol. The third-order valence-electron chi connectivity index (χ3n) is 5.37. The number of H-pyrrole nitrogens is 1. The van der Waals surface area contributed by atoms with Crippen molar-refractivity contribution >= 4 is 34.3 Å². The number of amides is 1. The number of nitrogens with one attached hydrogen (secondary N) is 2. The van der Waals surface area contributed by atoms with Gasteiger partial charge in [0.1, 0.15) is 5.82 Å². The number of aryl methyl sites for hydroxylation is 1. The van der Waals surface area contributed by atoms with Gasteiger partial charge in [0.15, 0.2) is 6.10 Å². The number of aromatic amines is 1. The van der Waals surface area contributed by atoms with Crippen LogP contribution in [-0.4, -0.2) is 32.9 Å². The highest BCUT2D eigenvalue weighted by Crippen LogP contribution is 2.24. The maximum Gasteiger partial charge on any atom is 0.338 e. The first kappa shape index (κ1) is 22.7. The second-order valence-electron chi connectivity index (χ2n) is 7.73. The lowest BCUT2D eigenvalue weighted by atomic mass is 10.1. The van der Waals surface area contributed by atoms with E-state index in [4.69, 9.17) is 4.74 Å². The first-order chi connectivity index (χ1) is 16.4. The number of rotatable bonds is 7. The monoisotopic (exact) mass is 458 g/mol. The number of nitro groups is 1. The molecular formula is C25H22N4O5. The van der Waals surface area contributed by atoms with Gasteiger partial charge in [0.2, 0.25) is 0 Å². The second-order valence-corrected chi connectivity index (χ2v) is 7.73. The first-order valence-corrected chi connectivity index (χ1v) is 10.7. The van der Waals surface area contributed by atoms with Gasteiger partial charge in [-0.25, -0.2) is 9.78 Å². The number of non-ortho nitro benzene ring substituents is 1. The Morgan fingerprint density at radius 2 is 1.88 bits per heavy atom. The molecule has 0 saturated heterocycles. The van der Waals surface area contributed by atoms with Gasteiger partial charge in [-0.2, -0.15) is 0 Å². The van der Waals surface area contributed by atoms with E-state index in [0.717, 1.165) is 5.56 Å². The van der Waals surface area contributed by atoms with Gasteiger partial charge in [0, 0.05) is 17.7 Å². The Bertz CT molecular complexity index is 1380. The zero-order valence-corrected chi connectivity index (χ0v) is 18.6. The topological polar surface area (TPSA) is 127 Å². The lowest BCUT2D eigenvalue weighted by molar-refractivity contribution is -0.384. The van der Waals surface area contributed by atoms with Crippen LogP contribution in [0.2, 0.25) is 0 Å². The van der Waals surface area contributed by atoms with E-state index in [9.17, 15) is 19.7 Å². The molecule has 1 heterocycles. The highest BCUT2D eigenvalue weighted by Gasteiger charge is 2.23. The van der Waals surface area contributed by atoms with Crippen molar-refractivity contribution in [2.75, 3.05) is 5.32 Å². The van der Waals surface area contributed by atoms with Crippen LogP contribution >= 0.6 is 0 Å². The lowest BCUT2D eigenvalue weighted by Gasteiger charge is -2.17. The summed E-state index contributed by atoms with van der Waals surface area (Å²) in [4.78, 5) is 43.8. The van der Waals surface area contributed by atoms with Crippen LogP contribution in [-0.2, 0) is 9.53 Å². The number of benzene rings is 3. The van der Waals surface area contributed by atoms with E-state index < -0.39 is 22.9 Å². The van der Waals surface area contributed by atoms with E-state index in [-0.39, 0.29) is 17.7 Å². The summed E-state index contributed by atoms with van der Waals surface area (Å²) >= 11 is 0. The third kappa shape index (κ3) is 4.78. The van der Waals surface area contributed by atoms with Crippen molar-refractivity contribution in [3.63, 3.8) is 0 Å². The van der Waals surface area contributed by atoms with Gasteiger partial charge in [-0.15, -0.1) is 0 Å². The molecule has 2 N–H and O–H groups in total. The molecule has 0 radical (unpaired) electrons. The molecule has 0 aliphatic heterocycles. The summed E-state index contributed by atoms with van der Waals surface area (Å²) in [7, 11) is 0. The minimum Gasteiger partial charge on any atom is -0.449 e. The number of carbonyl (C=O) groups excluding carboxylic acids is 2. The van der Waals surface area contributed by atoms with Gasteiger partial charge in [-0.05, 0) is 37.1 Å². The van der Waals surface area contributed by atoms with E-state index in [2.05, 4.69) is 15.3 Å². The quantitative estimate of drug-likeness (QED) is 0.227. The van der Waals surface area contributed by atoms with Crippen molar-refractivity contribution in [1.29, 1.82) is 0 Å². The number of ether oxygens (including phenoxy) is 1. The van der Waals surface area contributed by atoms with Gasteiger partial charge in [0.05, 0.1) is 27.2 Å². The van der Waals surface area contributed by atoms with E-state index >= 15 is 0 Å². The van der Waals surface area contributed by atoms with Crippen molar-refractivity contribution in [2.24, 2.45) is 0 Å². The number of hydrogen-bond donors (Lipinski definition) is 2. The fourth-order valence-electron chi connectivity index (χ4n) is 3.46. The minimum atomic E-state index is -1.07. The van der Waals surface area contributed by atoms with Crippen molar-refractivity contribution in [1.82, 2.24) is 9.97 Å². The third-order valence-corrected chi connectivity index (χ3v) is 5.37. The number of nitro benzene ring substituents is 1. The Labute approximate surface area is 194 Å². The van der Waals surface area contributed by atoms with E-state index in [0.29, 0.717) is 28.1 Å². The van der Waals surface area contributed by atoms with Gasteiger partial charge in [0.25, 0.3) is 11.6 Å². The molecule has 0 fully saturated rings. The van der Waals surface area contributed by atoms with Crippen LogP contribution < -0.4 is 5.32 Å². The summed E-state index contributed by atoms with van der Waals surface area (Å²) in [6.07, 6.45) is -0.834. The molecule has 3 aromatic carbocycles. The molecule has 0 aliphatic rings. The molecule has 0 bridgehead atoms. The highest BCUT2D eigenvalue weighted by atomic mass is 16.6. The Hall–Kier alpha value is -4.53. The maximum absolute atomic E-state index is 12.8. The SMILES string of the molecule is CCC(OC(=O)c1ccc2nc(-c3ccccc3)[nH]c2c1)C(=O)Nc1cc([N+](=O)[O-])ccc1C. The molecule has 1 amide bonds. The minimum absolute atomic E-state index is 0.145. The predicted octanol–water partition coefficient (Wildman–Crippen LogP) is 5.02. The molecule has 0 spiro atoms. The van der Waals surface area contributed by atoms with Gasteiger partial charge < -0.3 is 15.0 Å². The number of carbonyl (C=O) groups is 2. The zero-order valence-electron chi connectivity index (χ0n) is 18.6. The van der Waals surface area contributed by atoms with E-state index in [1.807, 2.05) is 30.3 Å². The summed E-state index contributed by atoms with van der Waals surface area (Å²) in [6, 6.07) is 18.7. The molecule has 4 rings (SSSR count). The molecule has 1 aromatic heterocycles. The summed E-state index contributed by atoms with van der Waals surface area (Å²) in [5.41, 5.74) is 3.35. The van der Waals surface area contributed by atoms with Gasteiger partial charge in [-0.3, -0.25) is 14.9 Å². The van der Waals surface area contributed by atoms with Crippen molar-refractivity contribution in [2.45, 2.75) is 26.4 Å². The van der Waals surface area contributed by atoms with E-state index in [1.54, 1.807) is 38.1 Å². The molecule has 34 heavy (non-hydrogen) atoms. The molecular weight excluding hydrogens is 436 g/mol. The summed E-state index contributed by atoms with van der Waals surface area (Å²) in [5.74, 6) is -0.539. The van der Waals surface area contributed by atoms with Crippen LogP contribution in [0.1, 0.15) is 29.3 Å². The number of fused-ring (bicyclic) bond motifs is 1. The number of nitrogens with zero attached hydrogens (tertiary/aromatic N) is 2. The van der Waals surface area contributed by atoms with Crippen molar-refractivity contribution in [3.05, 3.63) is 88.0 Å².